The van der Waals surface area contributed by atoms with Crippen LogP contribution in [0.1, 0.15) is 0 Å². The zero-order chi connectivity index (χ0) is 10.0. The van der Waals surface area contributed by atoms with Crippen LogP contribution in [-0.2, 0) is 0 Å². The summed E-state index contributed by atoms with van der Waals surface area (Å²) in [5, 5.41) is 17.6. The SMILES string of the molecule is COc1cc(B(O)O)c(Cl)cc1F. The Bertz CT molecular complexity index is 319. The molecule has 6 heteroatoms. The molecule has 0 heterocycles. The average Bonchev–Trinajstić information content (AvgIpc) is 2.03. The average molecular weight is 204 g/mol. The molecular formula is C7H7BClFO3. The second-order valence-corrected chi connectivity index (χ2v) is 2.79. The Morgan fingerprint density at radius 3 is 2.54 bits per heavy atom. The van der Waals surface area contributed by atoms with Gasteiger partial charge >= 0.3 is 7.12 Å². The number of rotatable bonds is 2. The van der Waals surface area contributed by atoms with Gasteiger partial charge in [0.2, 0.25) is 0 Å². The van der Waals surface area contributed by atoms with Gasteiger partial charge < -0.3 is 14.8 Å². The zero-order valence-electron chi connectivity index (χ0n) is 6.79. The van der Waals surface area contributed by atoms with Crippen molar-refractivity contribution in [2.75, 3.05) is 7.11 Å². The summed E-state index contributed by atoms with van der Waals surface area (Å²) in [6.45, 7) is 0. The highest BCUT2D eigenvalue weighted by atomic mass is 35.5. The van der Waals surface area contributed by atoms with Crippen molar-refractivity contribution in [1.82, 2.24) is 0 Å². The molecule has 0 aliphatic rings. The van der Waals surface area contributed by atoms with Crippen LogP contribution in [0.2, 0.25) is 5.02 Å². The van der Waals surface area contributed by atoms with Crippen LogP contribution in [0.25, 0.3) is 0 Å². The van der Waals surface area contributed by atoms with Gasteiger partial charge in [0.1, 0.15) is 0 Å². The molecule has 1 rings (SSSR count). The first kappa shape index (κ1) is 10.3. The van der Waals surface area contributed by atoms with Crippen molar-refractivity contribution in [3.63, 3.8) is 0 Å². The van der Waals surface area contributed by atoms with Gasteiger partial charge in [0, 0.05) is 10.5 Å². The molecule has 0 aliphatic carbocycles. The smallest absolute Gasteiger partial charge is 0.490 e. The van der Waals surface area contributed by atoms with Gasteiger partial charge in [0.25, 0.3) is 0 Å². The lowest BCUT2D eigenvalue weighted by molar-refractivity contribution is 0.386. The molecule has 1 aromatic rings. The first-order valence-electron chi connectivity index (χ1n) is 3.45. The van der Waals surface area contributed by atoms with Crippen molar-refractivity contribution in [2.24, 2.45) is 0 Å². The summed E-state index contributed by atoms with van der Waals surface area (Å²) >= 11 is 5.54. The van der Waals surface area contributed by atoms with Crippen LogP contribution < -0.4 is 10.2 Å². The van der Waals surface area contributed by atoms with Gasteiger partial charge in [-0.1, -0.05) is 11.6 Å². The topological polar surface area (TPSA) is 49.7 Å². The molecule has 2 N–H and O–H groups in total. The van der Waals surface area contributed by atoms with E-state index in [0.29, 0.717) is 0 Å². The second kappa shape index (κ2) is 3.96. The third kappa shape index (κ3) is 2.12. The summed E-state index contributed by atoms with van der Waals surface area (Å²) in [7, 11) is -0.457. The lowest BCUT2D eigenvalue weighted by Gasteiger charge is -2.06. The van der Waals surface area contributed by atoms with Gasteiger partial charge in [-0.15, -0.1) is 0 Å². The number of ether oxygens (including phenoxy) is 1. The molecule has 1 aromatic carbocycles. The van der Waals surface area contributed by atoms with Crippen LogP contribution in [-0.4, -0.2) is 24.3 Å². The molecule has 13 heavy (non-hydrogen) atoms. The van der Waals surface area contributed by atoms with E-state index < -0.39 is 12.9 Å². The molecule has 0 bridgehead atoms. The van der Waals surface area contributed by atoms with E-state index in [2.05, 4.69) is 4.74 Å². The lowest BCUT2D eigenvalue weighted by atomic mass is 9.80. The molecule has 0 saturated carbocycles. The highest BCUT2D eigenvalue weighted by molar-refractivity contribution is 6.62. The van der Waals surface area contributed by atoms with Crippen molar-refractivity contribution < 1.29 is 19.2 Å². The maximum Gasteiger partial charge on any atom is 0.490 e. The number of benzene rings is 1. The summed E-state index contributed by atoms with van der Waals surface area (Å²) in [6.07, 6.45) is 0. The predicted molar refractivity (Wildman–Crippen MR) is 47.8 cm³/mol. The predicted octanol–water partition coefficient (Wildman–Crippen LogP) is 0.168. The van der Waals surface area contributed by atoms with Crippen LogP contribution in [0.15, 0.2) is 12.1 Å². The molecule has 0 atom stereocenters. The minimum Gasteiger partial charge on any atom is -0.494 e. The van der Waals surface area contributed by atoms with Crippen LogP contribution >= 0.6 is 11.6 Å². The normalized spacial score (nSPS) is 9.92. The van der Waals surface area contributed by atoms with Gasteiger partial charge in [0.05, 0.1) is 7.11 Å². The largest absolute Gasteiger partial charge is 0.494 e. The van der Waals surface area contributed by atoms with E-state index in [4.69, 9.17) is 21.6 Å². The summed E-state index contributed by atoms with van der Waals surface area (Å²) in [4.78, 5) is 0. The van der Waals surface area contributed by atoms with Gasteiger partial charge in [-0.25, -0.2) is 4.39 Å². The molecule has 0 aliphatic heterocycles. The van der Waals surface area contributed by atoms with Crippen LogP contribution in [0.5, 0.6) is 5.75 Å². The Hall–Kier alpha value is -0.775. The minimum atomic E-state index is -1.73. The quantitative estimate of drug-likeness (QED) is 0.675. The standard InChI is InChI=1S/C7H7BClFO3/c1-13-7-2-4(8(11)12)5(9)3-6(7)10/h2-3,11-12H,1H3. The monoisotopic (exact) mass is 204 g/mol. The van der Waals surface area contributed by atoms with Crippen molar-refractivity contribution in [3.05, 3.63) is 23.0 Å². The molecule has 70 valence electrons. The van der Waals surface area contributed by atoms with Crippen LogP contribution in [0, 0.1) is 5.82 Å². The fourth-order valence-electron chi connectivity index (χ4n) is 0.899. The molecular weight excluding hydrogens is 197 g/mol. The summed E-state index contributed by atoms with van der Waals surface area (Å²) in [6, 6.07) is 2.11. The van der Waals surface area contributed by atoms with E-state index in [1.807, 2.05) is 0 Å². The fraction of sp³-hybridized carbons (Fsp3) is 0.143. The fourth-order valence-corrected chi connectivity index (χ4v) is 1.15. The maximum atomic E-state index is 12.9. The lowest BCUT2D eigenvalue weighted by Crippen LogP contribution is -2.31. The van der Waals surface area contributed by atoms with Crippen molar-refractivity contribution in [2.45, 2.75) is 0 Å². The molecule has 0 fully saturated rings. The van der Waals surface area contributed by atoms with Crippen LogP contribution in [0.3, 0.4) is 0 Å². The van der Waals surface area contributed by atoms with E-state index in [-0.39, 0.29) is 16.2 Å². The van der Waals surface area contributed by atoms with Gasteiger partial charge in [-0.2, -0.15) is 0 Å². The van der Waals surface area contributed by atoms with E-state index in [1.54, 1.807) is 0 Å². The highest BCUT2D eigenvalue weighted by Gasteiger charge is 2.18. The van der Waals surface area contributed by atoms with Crippen molar-refractivity contribution in [3.8, 4) is 5.75 Å². The van der Waals surface area contributed by atoms with Crippen LogP contribution in [0.4, 0.5) is 4.39 Å². The van der Waals surface area contributed by atoms with Gasteiger partial charge in [-0.3, -0.25) is 0 Å². The Balaban J connectivity index is 3.22. The van der Waals surface area contributed by atoms with Gasteiger partial charge in [-0.05, 0) is 12.1 Å². The van der Waals surface area contributed by atoms with Crippen molar-refractivity contribution >= 4 is 24.2 Å². The molecule has 0 aromatic heterocycles. The maximum absolute atomic E-state index is 12.9. The first-order valence-corrected chi connectivity index (χ1v) is 3.83. The van der Waals surface area contributed by atoms with E-state index in [1.165, 1.54) is 7.11 Å². The Morgan fingerprint density at radius 1 is 1.46 bits per heavy atom. The molecule has 3 nitrogen and oxygen atoms in total. The third-order valence-electron chi connectivity index (χ3n) is 1.55. The first-order chi connectivity index (χ1) is 6.06. The second-order valence-electron chi connectivity index (χ2n) is 2.38. The Kier molecular flexibility index (Phi) is 3.14. The summed E-state index contributed by atoms with van der Waals surface area (Å²) in [5.74, 6) is -0.718. The highest BCUT2D eigenvalue weighted by Crippen LogP contribution is 2.19. The number of hydrogen-bond donors (Lipinski definition) is 2. The third-order valence-corrected chi connectivity index (χ3v) is 1.88. The molecule has 0 radical (unpaired) electrons. The summed E-state index contributed by atoms with van der Waals surface area (Å²) < 4.78 is 17.6. The Morgan fingerprint density at radius 2 is 2.08 bits per heavy atom. The van der Waals surface area contributed by atoms with E-state index in [0.717, 1.165) is 12.1 Å². The molecule has 0 spiro atoms. The van der Waals surface area contributed by atoms with E-state index in [9.17, 15) is 4.39 Å². The van der Waals surface area contributed by atoms with E-state index >= 15 is 0 Å². The Labute approximate surface area is 79.9 Å². The number of halogens is 2. The van der Waals surface area contributed by atoms with Gasteiger partial charge in [0.15, 0.2) is 11.6 Å². The molecule has 0 saturated heterocycles. The number of hydrogen-bond acceptors (Lipinski definition) is 3. The van der Waals surface area contributed by atoms with Crippen molar-refractivity contribution in [1.29, 1.82) is 0 Å². The zero-order valence-corrected chi connectivity index (χ0v) is 7.55. The minimum absolute atomic E-state index is 0.0138. The molecule has 0 amide bonds. The molecule has 0 unspecified atom stereocenters. The number of methoxy groups -OCH3 is 1. The summed E-state index contributed by atoms with van der Waals surface area (Å²) in [5.41, 5.74) is 0.0138.